The van der Waals surface area contributed by atoms with Crippen molar-refractivity contribution in [3.63, 3.8) is 0 Å². The van der Waals surface area contributed by atoms with Crippen LogP contribution in [0.5, 0.6) is 0 Å². The third-order valence-corrected chi connectivity index (χ3v) is 4.78. The molecular formula is C17H16FN3O2S2. The number of anilines is 3. The van der Waals surface area contributed by atoms with Crippen LogP contribution in [0.1, 0.15) is 5.56 Å². The molecule has 0 amide bonds. The van der Waals surface area contributed by atoms with Crippen LogP contribution in [0.15, 0.2) is 47.8 Å². The number of aromatic nitrogens is 1. The maximum Gasteiger partial charge on any atom is 0.229 e. The molecule has 25 heavy (non-hydrogen) atoms. The van der Waals surface area contributed by atoms with Crippen LogP contribution in [0, 0.1) is 12.7 Å². The summed E-state index contributed by atoms with van der Waals surface area (Å²) in [7, 11) is -3.30. The zero-order valence-electron chi connectivity index (χ0n) is 13.6. The first kappa shape index (κ1) is 17.4. The standard InChI is InChI=1S/C17H16FN3O2S2/c1-11-3-6-14(9-15(11)18)19-17-20-16(10-24-17)12-4-7-13(8-5-12)21-25(2,22)23/h3-10,21H,1-2H3,(H,19,20). The maximum atomic E-state index is 13.6. The lowest BCUT2D eigenvalue weighted by atomic mass is 10.1. The van der Waals surface area contributed by atoms with Gasteiger partial charge in [-0.05, 0) is 36.8 Å². The average Bonchev–Trinajstić information content (AvgIpc) is 2.99. The average molecular weight is 377 g/mol. The molecule has 3 aromatic rings. The van der Waals surface area contributed by atoms with Crippen molar-refractivity contribution >= 4 is 37.9 Å². The number of sulfonamides is 1. The van der Waals surface area contributed by atoms with Gasteiger partial charge in [0.1, 0.15) is 5.82 Å². The fraction of sp³-hybridized carbons (Fsp3) is 0.118. The molecule has 0 unspecified atom stereocenters. The van der Waals surface area contributed by atoms with Crippen molar-refractivity contribution in [2.75, 3.05) is 16.3 Å². The Balaban J connectivity index is 1.75. The van der Waals surface area contributed by atoms with Gasteiger partial charge in [-0.3, -0.25) is 4.72 Å². The molecule has 0 radical (unpaired) electrons. The van der Waals surface area contributed by atoms with Gasteiger partial charge in [-0.1, -0.05) is 18.2 Å². The number of thiazole rings is 1. The normalized spacial score (nSPS) is 11.3. The first-order valence-electron chi connectivity index (χ1n) is 7.37. The van der Waals surface area contributed by atoms with Crippen molar-refractivity contribution < 1.29 is 12.8 Å². The molecule has 5 nitrogen and oxygen atoms in total. The summed E-state index contributed by atoms with van der Waals surface area (Å²) in [6.07, 6.45) is 1.10. The van der Waals surface area contributed by atoms with Gasteiger partial charge in [0.15, 0.2) is 5.13 Å². The Morgan fingerprint density at radius 1 is 1.08 bits per heavy atom. The maximum absolute atomic E-state index is 13.6. The van der Waals surface area contributed by atoms with Crippen molar-refractivity contribution in [1.82, 2.24) is 4.98 Å². The predicted molar refractivity (Wildman–Crippen MR) is 100 cm³/mol. The van der Waals surface area contributed by atoms with Crippen LogP contribution >= 0.6 is 11.3 Å². The molecule has 0 spiro atoms. The zero-order chi connectivity index (χ0) is 18.0. The summed E-state index contributed by atoms with van der Waals surface area (Å²) in [6.45, 7) is 1.71. The van der Waals surface area contributed by atoms with E-state index in [0.29, 0.717) is 22.1 Å². The minimum absolute atomic E-state index is 0.268. The van der Waals surface area contributed by atoms with Crippen LogP contribution in [-0.4, -0.2) is 19.7 Å². The molecule has 0 fully saturated rings. The second-order valence-corrected chi connectivity index (χ2v) is 8.18. The molecule has 0 aliphatic carbocycles. The number of hydrogen-bond acceptors (Lipinski definition) is 5. The van der Waals surface area contributed by atoms with Crippen molar-refractivity contribution in [2.24, 2.45) is 0 Å². The third-order valence-electron chi connectivity index (χ3n) is 3.41. The van der Waals surface area contributed by atoms with Crippen molar-refractivity contribution in [1.29, 1.82) is 0 Å². The molecule has 0 aliphatic rings. The zero-order valence-corrected chi connectivity index (χ0v) is 15.2. The van der Waals surface area contributed by atoms with Gasteiger partial charge in [-0.15, -0.1) is 11.3 Å². The Labute approximate surface area is 149 Å². The Kier molecular flexibility index (Phi) is 4.73. The summed E-state index contributed by atoms with van der Waals surface area (Å²) >= 11 is 1.41. The lowest BCUT2D eigenvalue weighted by Crippen LogP contribution is -2.09. The van der Waals surface area contributed by atoms with Crippen LogP contribution < -0.4 is 10.0 Å². The molecule has 1 aromatic heterocycles. The summed E-state index contributed by atoms with van der Waals surface area (Å²) < 4.78 is 38.5. The summed E-state index contributed by atoms with van der Waals surface area (Å²) in [5.74, 6) is -0.268. The first-order valence-corrected chi connectivity index (χ1v) is 10.1. The van der Waals surface area contributed by atoms with Gasteiger partial charge in [-0.25, -0.2) is 17.8 Å². The summed E-state index contributed by atoms with van der Waals surface area (Å²) in [5, 5.41) is 5.61. The quantitative estimate of drug-likeness (QED) is 0.692. The summed E-state index contributed by atoms with van der Waals surface area (Å²) in [6, 6.07) is 11.9. The van der Waals surface area contributed by atoms with Gasteiger partial charge in [0.05, 0.1) is 11.9 Å². The van der Waals surface area contributed by atoms with Crippen LogP contribution in [0.2, 0.25) is 0 Å². The number of aryl methyl sites for hydroxylation is 1. The monoisotopic (exact) mass is 377 g/mol. The SMILES string of the molecule is Cc1ccc(Nc2nc(-c3ccc(NS(C)(=O)=O)cc3)cs2)cc1F. The number of nitrogens with one attached hydrogen (secondary N) is 2. The van der Waals surface area contributed by atoms with Crippen molar-refractivity contribution in [2.45, 2.75) is 6.92 Å². The van der Waals surface area contributed by atoms with Crippen LogP contribution in [-0.2, 0) is 10.0 Å². The molecule has 8 heteroatoms. The highest BCUT2D eigenvalue weighted by Crippen LogP contribution is 2.28. The molecule has 2 aromatic carbocycles. The molecule has 2 N–H and O–H groups in total. The number of hydrogen-bond donors (Lipinski definition) is 2. The minimum Gasteiger partial charge on any atom is -0.331 e. The smallest absolute Gasteiger partial charge is 0.229 e. The van der Waals surface area contributed by atoms with E-state index in [1.54, 1.807) is 43.3 Å². The Morgan fingerprint density at radius 3 is 2.40 bits per heavy atom. The highest BCUT2D eigenvalue weighted by atomic mass is 32.2. The highest BCUT2D eigenvalue weighted by Gasteiger charge is 2.07. The molecule has 1 heterocycles. The van der Waals surface area contributed by atoms with E-state index < -0.39 is 10.0 Å². The third kappa shape index (κ3) is 4.55. The van der Waals surface area contributed by atoms with E-state index >= 15 is 0 Å². The molecule has 130 valence electrons. The first-order chi connectivity index (χ1) is 11.8. The van der Waals surface area contributed by atoms with E-state index in [0.717, 1.165) is 17.5 Å². The largest absolute Gasteiger partial charge is 0.331 e. The van der Waals surface area contributed by atoms with E-state index in [1.807, 2.05) is 5.38 Å². The number of rotatable bonds is 5. The van der Waals surface area contributed by atoms with Crippen LogP contribution in [0.3, 0.4) is 0 Å². The lowest BCUT2D eigenvalue weighted by molar-refractivity contribution is 0.607. The van der Waals surface area contributed by atoms with E-state index in [9.17, 15) is 12.8 Å². The number of nitrogens with zero attached hydrogens (tertiary/aromatic N) is 1. The lowest BCUT2D eigenvalue weighted by Gasteiger charge is -2.05. The number of benzene rings is 2. The topological polar surface area (TPSA) is 71.1 Å². The molecule has 3 rings (SSSR count). The minimum atomic E-state index is -3.30. The number of halogens is 1. The fourth-order valence-electron chi connectivity index (χ4n) is 2.18. The van der Waals surface area contributed by atoms with Crippen molar-refractivity contribution in [3.8, 4) is 11.3 Å². The van der Waals surface area contributed by atoms with Crippen LogP contribution in [0.25, 0.3) is 11.3 Å². The molecule has 0 aliphatic heterocycles. The van der Waals surface area contributed by atoms with Gasteiger partial charge in [0.2, 0.25) is 10.0 Å². The van der Waals surface area contributed by atoms with Gasteiger partial charge < -0.3 is 5.32 Å². The van der Waals surface area contributed by atoms with Gasteiger partial charge in [0, 0.05) is 22.3 Å². The fourth-order valence-corrected chi connectivity index (χ4v) is 3.49. The summed E-state index contributed by atoms with van der Waals surface area (Å²) in [5.41, 5.74) is 3.34. The van der Waals surface area contributed by atoms with Gasteiger partial charge in [0.25, 0.3) is 0 Å². The predicted octanol–water partition coefficient (Wildman–Crippen LogP) is 4.37. The molecular weight excluding hydrogens is 361 g/mol. The highest BCUT2D eigenvalue weighted by molar-refractivity contribution is 7.92. The molecule has 0 saturated carbocycles. The van der Waals surface area contributed by atoms with E-state index in [4.69, 9.17) is 0 Å². The Bertz CT molecular complexity index is 999. The second-order valence-electron chi connectivity index (χ2n) is 5.58. The molecule has 0 bridgehead atoms. The van der Waals surface area contributed by atoms with Gasteiger partial charge >= 0.3 is 0 Å². The molecule has 0 atom stereocenters. The van der Waals surface area contributed by atoms with E-state index in [2.05, 4.69) is 15.0 Å². The van der Waals surface area contributed by atoms with Crippen molar-refractivity contribution in [3.05, 3.63) is 59.2 Å². The Hall–Kier alpha value is -2.45. The molecule has 0 saturated heterocycles. The summed E-state index contributed by atoms with van der Waals surface area (Å²) in [4.78, 5) is 4.48. The van der Waals surface area contributed by atoms with E-state index in [-0.39, 0.29) is 5.82 Å². The van der Waals surface area contributed by atoms with E-state index in [1.165, 1.54) is 17.4 Å². The van der Waals surface area contributed by atoms with Gasteiger partial charge in [-0.2, -0.15) is 0 Å². The Morgan fingerprint density at radius 2 is 1.76 bits per heavy atom. The second kappa shape index (κ2) is 6.81. The van der Waals surface area contributed by atoms with Crippen LogP contribution in [0.4, 0.5) is 20.9 Å².